The van der Waals surface area contributed by atoms with Crippen molar-refractivity contribution in [1.29, 1.82) is 0 Å². The topological polar surface area (TPSA) is 185 Å². The first-order valence-electron chi connectivity index (χ1n) is 9.90. The summed E-state index contributed by atoms with van der Waals surface area (Å²) in [5.74, 6) is -1.73. The Hall–Kier alpha value is -3.40. The Kier molecular flexibility index (Phi) is 14.6. The van der Waals surface area contributed by atoms with Crippen molar-refractivity contribution in [3.63, 3.8) is 0 Å². The second-order valence-electron chi connectivity index (χ2n) is 6.68. The van der Waals surface area contributed by atoms with Crippen molar-refractivity contribution < 1.29 is 29.0 Å². The first-order valence-corrected chi connectivity index (χ1v) is 9.90. The van der Waals surface area contributed by atoms with Crippen LogP contribution in [0.2, 0.25) is 0 Å². The SMILES string of the molecule is N.NCCCC[C@H](N)C(=O)O.O=C1CCC(=O)O1.O=Cc1ccc(-c2ccccc2)cc1. The van der Waals surface area contributed by atoms with Gasteiger partial charge in [-0.15, -0.1) is 0 Å². The van der Waals surface area contributed by atoms with Crippen LogP contribution in [0.15, 0.2) is 54.6 Å². The maximum absolute atomic E-state index is 10.5. The Morgan fingerprint density at radius 3 is 1.91 bits per heavy atom. The van der Waals surface area contributed by atoms with Gasteiger partial charge in [-0.05, 0) is 30.5 Å². The number of carboxylic acid groups (broad SMARTS) is 1. The Balaban J connectivity index is 0.000000472. The van der Waals surface area contributed by atoms with E-state index >= 15 is 0 Å². The summed E-state index contributed by atoms with van der Waals surface area (Å²) in [6.45, 7) is 0.604. The van der Waals surface area contributed by atoms with Crippen LogP contribution in [0.4, 0.5) is 0 Å². The molecule has 1 aliphatic rings. The molecule has 0 radical (unpaired) electrons. The van der Waals surface area contributed by atoms with Gasteiger partial charge in [0.2, 0.25) is 0 Å². The lowest BCUT2D eigenvalue weighted by Gasteiger charge is -2.03. The largest absolute Gasteiger partial charge is 0.480 e. The lowest BCUT2D eigenvalue weighted by atomic mass is 10.0. The third-order valence-corrected chi connectivity index (χ3v) is 4.20. The molecule has 0 aliphatic carbocycles. The molecule has 0 spiro atoms. The standard InChI is InChI=1S/C13H10O.C6H14N2O2.C4H4O3.H3N/c14-10-11-6-8-13(9-7-11)12-4-2-1-3-5-12;7-4-2-1-3-5(8)6(9)10;5-3-1-2-4(6)7-3;/h1-10H;5H,1-4,7-8H2,(H,9,10);1-2H2;1H3/t;5-;;/m.0../s1. The minimum absolute atomic E-state index is 0. The molecule has 174 valence electrons. The average molecular weight is 446 g/mol. The molecule has 9 heteroatoms. The summed E-state index contributed by atoms with van der Waals surface area (Å²) < 4.78 is 4.08. The van der Waals surface area contributed by atoms with E-state index in [1.165, 1.54) is 5.56 Å². The predicted octanol–water partition coefficient (Wildman–Crippen LogP) is 2.71. The fraction of sp³-hybridized carbons (Fsp3) is 0.304. The lowest BCUT2D eigenvalue weighted by Crippen LogP contribution is -2.29. The van der Waals surface area contributed by atoms with E-state index in [0.29, 0.717) is 18.5 Å². The summed E-state index contributed by atoms with van der Waals surface area (Å²) in [6, 6.07) is 17.0. The van der Waals surface area contributed by atoms with Crippen LogP contribution in [0.25, 0.3) is 11.1 Å². The molecule has 2 aromatic carbocycles. The lowest BCUT2D eigenvalue weighted by molar-refractivity contribution is -0.152. The van der Waals surface area contributed by atoms with E-state index in [1.807, 2.05) is 42.5 Å². The van der Waals surface area contributed by atoms with E-state index < -0.39 is 23.9 Å². The Bertz CT molecular complexity index is 827. The number of esters is 2. The van der Waals surface area contributed by atoms with E-state index in [-0.39, 0.29) is 19.0 Å². The normalized spacial score (nSPS) is 12.7. The van der Waals surface area contributed by atoms with Crippen LogP contribution in [-0.4, -0.2) is 41.9 Å². The number of hydrogen-bond acceptors (Lipinski definition) is 8. The molecule has 1 fully saturated rings. The molecule has 0 bridgehead atoms. The number of rotatable bonds is 7. The number of carbonyl (C=O) groups excluding carboxylic acids is 3. The number of benzene rings is 2. The van der Waals surface area contributed by atoms with Gasteiger partial charge in [0.25, 0.3) is 0 Å². The minimum Gasteiger partial charge on any atom is -0.480 e. The maximum Gasteiger partial charge on any atom is 0.320 e. The molecule has 32 heavy (non-hydrogen) atoms. The number of unbranched alkanes of at least 4 members (excludes halogenated alkanes) is 1. The van der Waals surface area contributed by atoms with Crippen LogP contribution in [-0.2, 0) is 19.1 Å². The van der Waals surface area contributed by atoms with E-state index in [1.54, 1.807) is 0 Å². The van der Waals surface area contributed by atoms with Crippen LogP contribution in [0.5, 0.6) is 0 Å². The smallest absolute Gasteiger partial charge is 0.320 e. The van der Waals surface area contributed by atoms with Gasteiger partial charge >= 0.3 is 17.9 Å². The van der Waals surface area contributed by atoms with Gasteiger partial charge in [0.05, 0.1) is 12.8 Å². The van der Waals surface area contributed by atoms with E-state index in [2.05, 4.69) is 16.9 Å². The maximum atomic E-state index is 10.5. The minimum atomic E-state index is -0.933. The highest BCUT2D eigenvalue weighted by atomic mass is 16.6. The number of carbonyl (C=O) groups is 4. The molecule has 8 N–H and O–H groups in total. The Morgan fingerprint density at radius 2 is 1.50 bits per heavy atom. The summed E-state index contributed by atoms with van der Waals surface area (Å²) in [5, 5.41) is 8.33. The van der Waals surface area contributed by atoms with Crippen LogP contribution in [0.3, 0.4) is 0 Å². The Labute approximate surface area is 187 Å². The van der Waals surface area contributed by atoms with Gasteiger partial charge in [0.1, 0.15) is 12.3 Å². The summed E-state index contributed by atoms with van der Waals surface area (Å²) >= 11 is 0. The van der Waals surface area contributed by atoms with Crippen molar-refractivity contribution in [3.8, 4) is 11.1 Å². The Morgan fingerprint density at radius 1 is 0.969 bits per heavy atom. The van der Waals surface area contributed by atoms with Gasteiger partial charge in [-0.1, -0.05) is 61.0 Å². The quantitative estimate of drug-likeness (QED) is 0.215. The van der Waals surface area contributed by atoms with Crippen LogP contribution in [0, 0.1) is 0 Å². The van der Waals surface area contributed by atoms with Crippen molar-refractivity contribution in [2.45, 2.75) is 38.1 Å². The molecule has 0 saturated carbocycles. The zero-order valence-corrected chi connectivity index (χ0v) is 17.9. The highest BCUT2D eigenvalue weighted by molar-refractivity contribution is 5.92. The molecular formula is C23H31N3O6. The van der Waals surface area contributed by atoms with Crippen LogP contribution in [0.1, 0.15) is 42.5 Å². The van der Waals surface area contributed by atoms with Gasteiger partial charge < -0.3 is 27.5 Å². The molecule has 1 aliphatic heterocycles. The van der Waals surface area contributed by atoms with E-state index in [9.17, 15) is 19.2 Å². The number of nitrogens with two attached hydrogens (primary N) is 2. The number of cyclic esters (lactones) is 2. The molecule has 1 atom stereocenters. The second-order valence-corrected chi connectivity index (χ2v) is 6.68. The number of aldehydes is 1. The van der Waals surface area contributed by atoms with Crippen molar-refractivity contribution >= 4 is 24.2 Å². The van der Waals surface area contributed by atoms with Crippen molar-refractivity contribution in [1.82, 2.24) is 6.15 Å². The first kappa shape index (κ1) is 28.6. The molecule has 0 unspecified atom stereocenters. The van der Waals surface area contributed by atoms with Crippen molar-refractivity contribution in [3.05, 3.63) is 60.2 Å². The second kappa shape index (κ2) is 16.3. The molecular weight excluding hydrogens is 414 g/mol. The van der Waals surface area contributed by atoms with Gasteiger partial charge in [-0.3, -0.25) is 19.2 Å². The number of hydrogen-bond donors (Lipinski definition) is 4. The number of ether oxygens (including phenoxy) is 1. The summed E-state index contributed by atoms with van der Waals surface area (Å²) in [4.78, 5) is 40.6. The number of aliphatic carboxylic acids is 1. The fourth-order valence-electron chi connectivity index (χ4n) is 2.45. The third kappa shape index (κ3) is 11.7. The summed E-state index contributed by atoms with van der Waals surface area (Å²) in [5.41, 5.74) is 13.4. The summed E-state index contributed by atoms with van der Waals surface area (Å²) in [6.07, 6.45) is 3.55. The van der Waals surface area contributed by atoms with Gasteiger partial charge in [-0.2, -0.15) is 0 Å². The monoisotopic (exact) mass is 445 g/mol. The van der Waals surface area contributed by atoms with Gasteiger partial charge in [-0.25, -0.2) is 0 Å². The van der Waals surface area contributed by atoms with Crippen LogP contribution < -0.4 is 17.6 Å². The van der Waals surface area contributed by atoms with E-state index in [0.717, 1.165) is 24.7 Å². The highest BCUT2D eigenvalue weighted by Gasteiger charge is 2.19. The summed E-state index contributed by atoms with van der Waals surface area (Å²) in [7, 11) is 0. The fourth-order valence-corrected chi connectivity index (χ4v) is 2.45. The zero-order valence-electron chi connectivity index (χ0n) is 17.9. The number of carboxylic acids is 1. The molecule has 0 aromatic heterocycles. The van der Waals surface area contributed by atoms with Crippen molar-refractivity contribution in [2.75, 3.05) is 6.54 Å². The van der Waals surface area contributed by atoms with E-state index in [4.69, 9.17) is 16.6 Å². The zero-order chi connectivity index (χ0) is 23.1. The molecule has 0 amide bonds. The van der Waals surface area contributed by atoms with Gasteiger partial charge in [0.15, 0.2) is 0 Å². The van der Waals surface area contributed by atoms with Gasteiger partial charge in [0, 0.05) is 5.56 Å². The molecule has 1 heterocycles. The molecule has 3 rings (SSSR count). The predicted molar refractivity (Wildman–Crippen MR) is 121 cm³/mol. The van der Waals surface area contributed by atoms with Crippen LogP contribution >= 0.6 is 0 Å². The third-order valence-electron chi connectivity index (χ3n) is 4.20. The molecule has 2 aromatic rings. The molecule has 1 saturated heterocycles. The first-order chi connectivity index (χ1) is 14.9. The average Bonchev–Trinajstić information content (AvgIpc) is 3.17. The highest BCUT2D eigenvalue weighted by Crippen LogP contribution is 2.18. The molecule has 9 nitrogen and oxygen atoms in total. The van der Waals surface area contributed by atoms with Crippen molar-refractivity contribution in [2.24, 2.45) is 11.5 Å².